The first-order chi connectivity index (χ1) is 9.75. The zero-order valence-electron chi connectivity index (χ0n) is 10.7. The van der Waals surface area contributed by atoms with E-state index in [4.69, 9.17) is 4.74 Å². The number of nitrogens with one attached hydrogen (secondary N) is 2. The van der Waals surface area contributed by atoms with Crippen molar-refractivity contribution in [3.05, 3.63) is 59.6 Å². The van der Waals surface area contributed by atoms with Crippen molar-refractivity contribution < 1.29 is 14.6 Å². The Bertz CT molecular complexity index is 568. The third-order valence-corrected chi connectivity index (χ3v) is 3.11. The van der Waals surface area contributed by atoms with Gasteiger partial charge in [0.1, 0.15) is 12.7 Å². The number of aliphatic hydroxyl groups is 1. The summed E-state index contributed by atoms with van der Waals surface area (Å²) in [5.41, 5.74) is 4.23. The van der Waals surface area contributed by atoms with Crippen LogP contribution < -0.4 is 10.7 Å². The molecule has 6 heteroatoms. The standard InChI is InChI=1S/C14H15N3O3/c18-11-6-7-17-12(14(19)15-9-16-17)13(11)20-8-10-4-2-1-3-5-10/h1-7,11,16,18H,8-9H2,(H,15,19). The molecule has 6 nitrogen and oxygen atoms in total. The Morgan fingerprint density at radius 1 is 1.35 bits per heavy atom. The summed E-state index contributed by atoms with van der Waals surface area (Å²) < 4.78 is 5.66. The first-order valence-corrected chi connectivity index (χ1v) is 6.34. The molecule has 1 amide bonds. The van der Waals surface area contributed by atoms with E-state index in [0.717, 1.165) is 5.56 Å². The molecule has 20 heavy (non-hydrogen) atoms. The number of carbonyl (C=O) groups excluding carboxylic acids is 1. The van der Waals surface area contributed by atoms with E-state index in [1.54, 1.807) is 17.3 Å². The molecular formula is C14H15N3O3. The highest BCUT2D eigenvalue weighted by Crippen LogP contribution is 2.23. The monoisotopic (exact) mass is 273 g/mol. The SMILES string of the molecule is O=C1NCNN2C=CC(O)C(OCc3ccccc3)=C12. The molecule has 1 aromatic rings. The van der Waals surface area contributed by atoms with Gasteiger partial charge in [-0.05, 0) is 11.6 Å². The van der Waals surface area contributed by atoms with Gasteiger partial charge < -0.3 is 15.2 Å². The zero-order valence-corrected chi connectivity index (χ0v) is 10.7. The van der Waals surface area contributed by atoms with Gasteiger partial charge in [-0.3, -0.25) is 9.80 Å². The van der Waals surface area contributed by atoms with E-state index in [1.165, 1.54) is 0 Å². The number of ether oxygens (including phenoxy) is 1. The number of nitrogens with zero attached hydrogens (tertiary/aromatic N) is 1. The fourth-order valence-electron chi connectivity index (χ4n) is 2.12. The van der Waals surface area contributed by atoms with Crippen molar-refractivity contribution in [1.29, 1.82) is 0 Å². The number of aliphatic hydroxyl groups excluding tert-OH is 1. The maximum absolute atomic E-state index is 11.9. The largest absolute Gasteiger partial charge is 0.488 e. The third-order valence-electron chi connectivity index (χ3n) is 3.11. The number of rotatable bonds is 3. The fourth-order valence-corrected chi connectivity index (χ4v) is 2.12. The second-order valence-electron chi connectivity index (χ2n) is 4.48. The molecule has 1 unspecified atom stereocenters. The molecule has 0 saturated carbocycles. The number of hydrogen-bond donors (Lipinski definition) is 3. The third kappa shape index (κ3) is 2.38. The average molecular weight is 273 g/mol. The molecule has 3 N–H and O–H groups in total. The molecule has 1 saturated heterocycles. The molecule has 1 fully saturated rings. The van der Waals surface area contributed by atoms with Crippen LogP contribution in [0.2, 0.25) is 0 Å². The van der Waals surface area contributed by atoms with Crippen molar-refractivity contribution in [2.24, 2.45) is 0 Å². The average Bonchev–Trinajstić information content (AvgIpc) is 2.48. The van der Waals surface area contributed by atoms with Crippen molar-refractivity contribution in [2.45, 2.75) is 12.7 Å². The lowest BCUT2D eigenvalue weighted by atomic mass is 10.1. The molecule has 0 aromatic heterocycles. The molecular weight excluding hydrogens is 258 g/mol. The number of fused-ring (bicyclic) bond motifs is 1. The van der Waals surface area contributed by atoms with Crippen LogP contribution >= 0.6 is 0 Å². The number of amides is 1. The van der Waals surface area contributed by atoms with Crippen molar-refractivity contribution in [3.63, 3.8) is 0 Å². The summed E-state index contributed by atoms with van der Waals surface area (Å²) in [5.74, 6) is -0.0173. The number of benzene rings is 1. The zero-order chi connectivity index (χ0) is 13.9. The summed E-state index contributed by atoms with van der Waals surface area (Å²) in [4.78, 5) is 11.9. The quantitative estimate of drug-likeness (QED) is 0.733. The maximum Gasteiger partial charge on any atom is 0.274 e. The Morgan fingerprint density at radius 2 is 2.15 bits per heavy atom. The van der Waals surface area contributed by atoms with Crippen LogP contribution in [0.4, 0.5) is 0 Å². The molecule has 2 aliphatic heterocycles. The Morgan fingerprint density at radius 3 is 2.95 bits per heavy atom. The van der Waals surface area contributed by atoms with Crippen LogP contribution in [0.15, 0.2) is 54.1 Å². The van der Waals surface area contributed by atoms with Gasteiger partial charge in [-0.25, -0.2) is 5.43 Å². The van der Waals surface area contributed by atoms with E-state index in [0.29, 0.717) is 19.0 Å². The van der Waals surface area contributed by atoms with Gasteiger partial charge in [0.2, 0.25) is 0 Å². The second-order valence-corrected chi connectivity index (χ2v) is 4.48. The van der Waals surface area contributed by atoms with Crippen LogP contribution in [0, 0.1) is 0 Å². The molecule has 1 atom stereocenters. The van der Waals surface area contributed by atoms with E-state index >= 15 is 0 Å². The summed E-state index contributed by atoms with van der Waals surface area (Å²) >= 11 is 0. The van der Waals surface area contributed by atoms with Gasteiger partial charge in [0.05, 0.1) is 6.67 Å². The fraction of sp³-hybridized carbons (Fsp3) is 0.214. The number of hydrogen-bond acceptors (Lipinski definition) is 5. The lowest BCUT2D eigenvalue weighted by molar-refractivity contribution is -0.121. The van der Waals surface area contributed by atoms with Crippen LogP contribution in [0.3, 0.4) is 0 Å². The summed E-state index contributed by atoms with van der Waals surface area (Å²) in [6.45, 7) is 0.639. The smallest absolute Gasteiger partial charge is 0.274 e. The molecule has 3 rings (SSSR count). The van der Waals surface area contributed by atoms with Crippen molar-refractivity contribution in [2.75, 3.05) is 6.67 Å². The molecule has 1 aromatic carbocycles. The Labute approximate surface area is 116 Å². The Kier molecular flexibility index (Phi) is 3.41. The topological polar surface area (TPSA) is 73.8 Å². The number of hydrazine groups is 1. The van der Waals surface area contributed by atoms with Crippen molar-refractivity contribution in [1.82, 2.24) is 15.8 Å². The van der Waals surface area contributed by atoms with Gasteiger partial charge in [0.15, 0.2) is 11.5 Å². The van der Waals surface area contributed by atoms with E-state index in [2.05, 4.69) is 10.7 Å². The predicted octanol–water partition coefficient (Wildman–Crippen LogP) is 0.197. The summed E-state index contributed by atoms with van der Waals surface area (Å²) in [6.07, 6.45) is 2.26. The van der Waals surface area contributed by atoms with Gasteiger partial charge in [0, 0.05) is 6.20 Å². The second kappa shape index (κ2) is 5.36. The highest BCUT2D eigenvalue weighted by atomic mass is 16.5. The molecule has 0 radical (unpaired) electrons. The first kappa shape index (κ1) is 12.7. The molecule has 0 bridgehead atoms. The Balaban J connectivity index is 1.82. The summed E-state index contributed by atoms with van der Waals surface area (Å²) in [7, 11) is 0. The van der Waals surface area contributed by atoms with E-state index < -0.39 is 6.10 Å². The van der Waals surface area contributed by atoms with Crippen LogP contribution in [-0.2, 0) is 16.1 Å². The molecule has 2 aliphatic rings. The molecule has 0 aliphatic carbocycles. The molecule has 2 heterocycles. The van der Waals surface area contributed by atoms with Gasteiger partial charge in [-0.2, -0.15) is 0 Å². The van der Waals surface area contributed by atoms with Crippen LogP contribution in [0.5, 0.6) is 0 Å². The predicted molar refractivity (Wildman–Crippen MR) is 71.4 cm³/mol. The van der Waals surface area contributed by atoms with Gasteiger partial charge in [-0.1, -0.05) is 30.3 Å². The highest BCUT2D eigenvalue weighted by molar-refractivity contribution is 5.94. The Hall–Kier alpha value is -2.31. The van der Waals surface area contributed by atoms with Gasteiger partial charge in [-0.15, -0.1) is 0 Å². The first-order valence-electron chi connectivity index (χ1n) is 6.34. The minimum Gasteiger partial charge on any atom is -0.488 e. The van der Waals surface area contributed by atoms with Crippen LogP contribution in [0.1, 0.15) is 5.56 Å². The van der Waals surface area contributed by atoms with Crippen molar-refractivity contribution >= 4 is 5.91 Å². The lowest BCUT2D eigenvalue weighted by Crippen LogP contribution is -2.53. The molecule has 0 spiro atoms. The van der Waals surface area contributed by atoms with Gasteiger partial charge in [0.25, 0.3) is 5.91 Å². The van der Waals surface area contributed by atoms with Crippen molar-refractivity contribution in [3.8, 4) is 0 Å². The lowest BCUT2D eigenvalue weighted by Gasteiger charge is -2.34. The van der Waals surface area contributed by atoms with Crippen LogP contribution in [-0.4, -0.2) is 28.8 Å². The van der Waals surface area contributed by atoms with Gasteiger partial charge >= 0.3 is 0 Å². The maximum atomic E-state index is 11.9. The molecule has 104 valence electrons. The van der Waals surface area contributed by atoms with E-state index in [-0.39, 0.29) is 11.7 Å². The summed E-state index contributed by atoms with van der Waals surface area (Å²) in [5, 5.41) is 14.2. The van der Waals surface area contributed by atoms with Crippen LogP contribution in [0.25, 0.3) is 0 Å². The van der Waals surface area contributed by atoms with E-state index in [9.17, 15) is 9.90 Å². The minimum atomic E-state index is -0.921. The minimum absolute atomic E-state index is 0.251. The number of carbonyl (C=O) groups is 1. The van der Waals surface area contributed by atoms with E-state index in [1.807, 2.05) is 30.3 Å². The summed E-state index contributed by atoms with van der Waals surface area (Å²) in [6, 6.07) is 9.59. The highest BCUT2D eigenvalue weighted by Gasteiger charge is 2.31. The normalized spacial score (nSPS) is 21.6.